The van der Waals surface area contributed by atoms with Gasteiger partial charge < -0.3 is 9.30 Å². The van der Waals surface area contributed by atoms with E-state index in [9.17, 15) is 21.6 Å². The molecule has 0 saturated heterocycles. The maximum atomic E-state index is 13.1. The Hall–Kier alpha value is -3.46. The molecule has 0 saturated carbocycles. The van der Waals surface area contributed by atoms with Crippen molar-refractivity contribution in [1.29, 1.82) is 0 Å². The zero-order chi connectivity index (χ0) is 24.0. The molecular weight excluding hydrogens is 465 g/mol. The number of rotatable bonds is 6. The van der Waals surface area contributed by atoms with Gasteiger partial charge in [0.1, 0.15) is 23.6 Å². The van der Waals surface area contributed by atoms with Crippen molar-refractivity contribution in [3.63, 3.8) is 0 Å². The summed E-state index contributed by atoms with van der Waals surface area (Å²) in [6.07, 6.45) is -3.56. The van der Waals surface area contributed by atoms with E-state index in [4.69, 9.17) is 4.74 Å². The lowest BCUT2D eigenvalue weighted by molar-refractivity contribution is -0.137. The quantitative estimate of drug-likeness (QED) is 0.405. The summed E-state index contributed by atoms with van der Waals surface area (Å²) in [6, 6.07) is 3.00. The molecule has 0 aliphatic rings. The highest BCUT2D eigenvalue weighted by molar-refractivity contribution is 7.91. The fourth-order valence-electron chi connectivity index (χ4n) is 3.13. The van der Waals surface area contributed by atoms with Crippen LogP contribution in [-0.4, -0.2) is 61.0 Å². The second-order valence-corrected chi connectivity index (χ2v) is 9.17. The van der Waals surface area contributed by atoms with E-state index in [2.05, 4.69) is 30.5 Å². The highest BCUT2D eigenvalue weighted by atomic mass is 32.2. The molecule has 4 aromatic rings. The zero-order valence-corrected chi connectivity index (χ0v) is 18.4. The number of nitrogens with zero attached hydrogens (tertiary/aromatic N) is 8. The Balaban J connectivity index is 1.93. The molecule has 0 fully saturated rings. The lowest BCUT2D eigenvalue weighted by Gasteiger charge is -2.10. The first-order valence-corrected chi connectivity index (χ1v) is 11.1. The monoisotopic (exact) mass is 482 g/mol. The van der Waals surface area contributed by atoms with Crippen LogP contribution in [0.3, 0.4) is 0 Å². The number of hydrogen-bond donors (Lipinski definition) is 0. The summed E-state index contributed by atoms with van der Waals surface area (Å²) in [5.41, 5.74) is -0.566. The molecule has 0 aliphatic heterocycles. The lowest BCUT2D eigenvalue weighted by atomic mass is 10.2. The van der Waals surface area contributed by atoms with Crippen molar-refractivity contribution in [2.75, 3.05) is 12.9 Å². The molecule has 0 unspecified atom stereocenters. The van der Waals surface area contributed by atoms with E-state index in [-0.39, 0.29) is 51.6 Å². The molecule has 33 heavy (non-hydrogen) atoms. The van der Waals surface area contributed by atoms with E-state index in [0.717, 1.165) is 18.3 Å². The predicted molar refractivity (Wildman–Crippen MR) is 108 cm³/mol. The summed E-state index contributed by atoms with van der Waals surface area (Å²) in [5, 5.41) is 15.8. The molecule has 4 rings (SSSR count). The fraction of sp³-hybridized carbons (Fsp3) is 0.333. The van der Waals surface area contributed by atoms with Crippen molar-refractivity contribution in [1.82, 2.24) is 39.7 Å². The van der Waals surface area contributed by atoms with Crippen LogP contribution in [0.15, 0.2) is 29.3 Å². The van der Waals surface area contributed by atoms with E-state index < -0.39 is 21.6 Å². The third-order valence-electron chi connectivity index (χ3n) is 4.82. The molecule has 0 aliphatic carbocycles. The highest BCUT2D eigenvalue weighted by Crippen LogP contribution is 2.33. The van der Waals surface area contributed by atoms with Gasteiger partial charge in [0.2, 0.25) is 0 Å². The molecule has 0 aromatic carbocycles. The highest BCUT2D eigenvalue weighted by Gasteiger charge is 2.32. The van der Waals surface area contributed by atoms with Crippen molar-refractivity contribution in [2.24, 2.45) is 7.05 Å². The first-order chi connectivity index (χ1) is 15.6. The summed E-state index contributed by atoms with van der Waals surface area (Å²) >= 11 is 0. The Bertz CT molecular complexity index is 1450. The first-order valence-electron chi connectivity index (χ1n) is 9.46. The molecule has 0 bridgehead atoms. The van der Waals surface area contributed by atoms with Gasteiger partial charge in [-0.3, -0.25) is 4.98 Å². The average Bonchev–Trinajstić information content (AvgIpc) is 3.35. The molecule has 0 atom stereocenters. The van der Waals surface area contributed by atoms with Gasteiger partial charge in [-0.2, -0.15) is 13.2 Å². The smallest absolute Gasteiger partial charge is 0.362 e. The van der Waals surface area contributed by atoms with Gasteiger partial charge in [-0.05, 0) is 18.2 Å². The minimum absolute atomic E-state index is 0.00127. The SMILES string of the molecule is CCS(=O)(=O)c1cc2nnn(COC)c2nc1-c1nnc(-c2cc(C(F)(F)F)ccn2)n1C. The van der Waals surface area contributed by atoms with Gasteiger partial charge >= 0.3 is 6.18 Å². The molecule has 4 heterocycles. The Kier molecular flexibility index (Phi) is 5.61. The van der Waals surface area contributed by atoms with Crippen LogP contribution in [0.25, 0.3) is 34.2 Å². The van der Waals surface area contributed by atoms with Crippen molar-refractivity contribution >= 4 is 21.0 Å². The second-order valence-electron chi connectivity index (χ2n) is 6.92. The molecule has 0 amide bonds. The van der Waals surface area contributed by atoms with Gasteiger partial charge in [-0.1, -0.05) is 12.1 Å². The van der Waals surface area contributed by atoms with Crippen LogP contribution in [0.2, 0.25) is 0 Å². The number of aromatic nitrogens is 8. The van der Waals surface area contributed by atoms with Crippen molar-refractivity contribution in [3.05, 3.63) is 30.0 Å². The summed E-state index contributed by atoms with van der Waals surface area (Å²) in [4.78, 5) is 8.22. The van der Waals surface area contributed by atoms with Crippen LogP contribution < -0.4 is 0 Å². The summed E-state index contributed by atoms with van der Waals surface area (Å²) in [5.74, 6) is -0.205. The molecule has 4 aromatic heterocycles. The van der Waals surface area contributed by atoms with E-state index >= 15 is 0 Å². The Morgan fingerprint density at radius 2 is 1.85 bits per heavy atom. The molecule has 174 valence electrons. The van der Waals surface area contributed by atoms with Gasteiger partial charge in [-0.15, -0.1) is 15.3 Å². The van der Waals surface area contributed by atoms with Gasteiger partial charge in [0.25, 0.3) is 0 Å². The maximum Gasteiger partial charge on any atom is 0.416 e. The molecule has 0 radical (unpaired) electrons. The molecule has 15 heteroatoms. The van der Waals surface area contributed by atoms with E-state index in [1.807, 2.05) is 0 Å². The zero-order valence-electron chi connectivity index (χ0n) is 17.6. The maximum absolute atomic E-state index is 13.1. The molecular formula is C18H17F3N8O3S. The number of hydrogen-bond acceptors (Lipinski definition) is 9. The van der Waals surface area contributed by atoms with Crippen molar-refractivity contribution in [3.8, 4) is 23.0 Å². The van der Waals surface area contributed by atoms with Crippen molar-refractivity contribution in [2.45, 2.75) is 24.7 Å². The summed E-state index contributed by atoms with van der Waals surface area (Å²) in [7, 11) is -0.862. The number of methoxy groups -OCH3 is 1. The number of fused-ring (bicyclic) bond motifs is 1. The Morgan fingerprint density at radius 1 is 1.12 bits per heavy atom. The van der Waals surface area contributed by atoms with E-state index in [1.54, 1.807) is 0 Å². The third kappa shape index (κ3) is 4.04. The Morgan fingerprint density at radius 3 is 2.52 bits per heavy atom. The van der Waals surface area contributed by atoms with Crippen molar-refractivity contribution < 1.29 is 26.3 Å². The second kappa shape index (κ2) is 8.15. The largest absolute Gasteiger partial charge is 0.416 e. The van der Waals surface area contributed by atoms with Gasteiger partial charge in [-0.25, -0.2) is 18.1 Å². The molecule has 0 N–H and O–H groups in total. The number of sulfone groups is 1. The predicted octanol–water partition coefficient (Wildman–Crippen LogP) is 2.10. The number of alkyl halides is 3. The minimum Gasteiger partial charge on any atom is -0.362 e. The average molecular weight is 482 g/mol. The van der Waals surface area contributed by atoms with Crippen LogP contribution in [0.5, 0.6) is 0 Å². The van der Waals surface area contributed by atoms with Gasteiger partial charge in [0.05, 0.1) is 16.2 Å². The number of ether oxygens (including phenoxy) is 1. The van der Waals surface area contributed by atoms with Crippen LogP contribution >= 0.6 is 0 Å². The summed E-state index contributed by atoms with van der Waals surface area (Å²) < 4.78 is 72.7. The van der Waals surface area contributed by atoms with Crippen LogP contribution in [0, 0.1) is 0 Å². The third-order valence-corrected chi connectivity index (χ3v) is 6.56. The summed E-state index contributed by atoms with van der Waals surface area (Å²) in [6.45, 7) is 1.49. The van der Waals surface area contributed by atoms with Crippen LogP contribution in [0.1, 0.15) is 12.5 Å². The van der Waals surface area contributed by atoms with Gasteiger partial charge in [0.15, 0.2) is 27.1 Å². The lowest BCUT2D eigenvalue weighted by Crippen LogP contribution is -2.10. The number of pyridine rings is 2. The minimum atomic E-state index is -4.57. The number of halogens is 3. The normalized spacial score (nSPS) is 12.5. The molecule has 0 spiro atoms. The van der Waals surface area contributed by atoms with E-state index in [0.29, 0.717) is 0 Å². The Labute approximate surface area is 185 Å². The molecule has 11 nitrogen and oxygen atoms in total. The standard InChI is InChI=1S/C18H17F3N8O3S/c1-4-33(30,31)13-8-12-15(29(9-32-3)27-24-12)23-14(13)17-26-25-16(28(17)2)11-7-10(5-6-22-11)18(19,20)21/h5-8H,4,9H2,1-3H3. The fourth-order valence-corrected chi connectivity index (χ4v) is 4.17. The topological polar surface area (TPSA) is 131 Å². The first kappa shape index (κ1) is 22.7. The van der Waals surface area contributed by atoms with Crippen LogP contribution in [-0.2, 0) is 34.5 Å². The van der Waals surface area contributed by atoms with E-state index in [1.165, 1.54) is 36.4 Å². The van der Waals surface area contributed by atoms with Gasteiger partial charge in [0, 0.05) is 20.4 Å². The van der Waals surface area contributed by atoms with Crippen LogP contribution in [0.4, 0.5) is 13.2 Å².